The van der Waals surface area contributed by atoms with Crippen molar-refractivity contribution in [2.24, 2.45) is 4.99 Å². The van der Waals surface area contributed by atoms with Gasteiger partial charge in [-0.3, -0.25) is 4.79 Å². The van der Waals surface area contributed by atoms with E-state index >= 15 is 0 Å². The van der Waals surface area contributed by atoms with Crippen molar-refractivity contribution in [3.8, 4) is 5.75 Å². The van der Waals surface area contributed by atoms with E-state index in [4.69, 9.17) is 9.15 Å². The molecule has 4 rings (SSSR count). The Balaban J connectivity index is 1.86. The zero-order chi connectivity index (χ0) is 21.8. The first-order chi connectivity index (χ1) is 15.0. The molecule has 0 aliphatic heterocycles. The molecule has 0 fully saturated rings. The summed E-state index contributed by atoms with van der Waals surface area (Å²) < 4.78 is 10.6. The Bertz CT molecular complexity index is 1350. The van der Waals surface area contributed by atoms with Crippen LogP contribution in [0.15, 0.2) is 82.3 Å². The summed E-state index contributed by atoms with van der Waals surface area (Å²) in [6.07, 6.45) is 1.56. The van der Waals surface area contributed by atoms with Gasteiger partial charge in [-0.25, -0.2) is 14.8 Å². The van der Waals surface area contributed by atoms with E-state index in [-0.39, 0.29) is 16.9 Å². The van der Waals surface area contributed by atoms with Gasteiger partial charge in [0.15, 0.2) is 0 Å². The van der Waals surface area contributed by atoms with Crippen LogP contribution < -0.4 is 10.9 Å². The highest BCUT2D eigenvalue weighted by molar-refractivity contribution is 6.05. The fourth-order valence-corrected chi connectivity index (χ4v) is 2.91. The van der Waals surface area contributed by atoms with Crippen LogP contribution in [0, 0.1) is 0 Å². The lowest BCUT2D eigenvalue weighted by Crippen LogP contribution is -2.22. The maximum absolute atomic E-state index is 13.0. The predicted octanol–water partition coefficient (Wildman–Crippen LogP) is 3.80. The van der Waals surface area contributed by atoms with Gasteiger partial charge in [0.25, 0.3) is 5.91 Å². The van der Waals surface area contributed by atoms with Gasteiger partial charge in [-0.1, -0.05) is 12.1 Å². The Hall–Kier alpha value is -4.46. The molecule has 0 unspecified atom stereocenters. The van der Waals surface area contributed by atoms with Crippen molar-refractivity contribution in [1.82, 2.24) is 4.98 Å². The highest BCUT2D eigenvalue weighted by Gasteiger charge is 2.14. The van der Waals surface area contributed by atoms with Crippen LogP contribution in [0.5, 0.6) is 5.75 Å². The van der Waals surface area contributed by atoms with Crippen molar-refractivity contribution in [2.45, 2.75) is 0 Å². The van der Waals surface area contributed by atoms with Gasteiger partial charge in [-0.05, 0) is 48.5 Å². The number of pyridine rings is 1. The molecule has 0 spiro atoms. The number of anilines is 1. The zero-order valence-corrected chi connectivity index (χ0v) is 16.4. The third-order valence-corrected chi connectivity index (χ3v) is 4.38. The van der Waals surface area contributed by atoms with E-state index in [9.17, 15) is 14.7 Å². The average molecular weight is 415 g/mol. The number of aromatic hydroxyl groups is 1. The van der Waals surface area contributed by atoms with E-state index in [1.165, 1.54) is 25.3 Å². The molecular weight excluding hydrogens is 398 g/mol. The fraction of sp³-hybridized carbons (Fsp3) is 0.0435. The number of carbonyl (C=O) groups is 2. The molecule has 0 aliphatic rings. The van der Waals surface area contributed by atoms with Crippen molar-refractivity contribution in [1.29, 1.82) is 0 Å². The second kappa shape index (κ2) is 8.50. The lowest BCUT2D eigenvalue weighted by atomic mass is 10.1. The predicted molar refractivity (Wildman–Crippen MR) is 113 cm³/mol. The molecule has 4 aromatic rings. The third-order valence-electron chi connectivity index (χ3n) is 4.38. The first kappa shape index (κ1) is 19.8. The number of hydrogen-bond acceptors (Lipinski definition) is 7. The minimum atomic E-state index is -0.509. The maximum atomic E-state index is 13.0. The molecule has 0 atom stereocenters. The van der Waals surface area contributed by atoms with Gasteiger partial charge in [-0.15, -0.1) is 0 Å². The van der Waals surface area contributed by atoms with Crippen LogP contribution in [0.1, 0.15) is 20.7 Å². The van der Waals surface area contributed by atoms with Crippen LogP contribution in [0.25, 0.3) is 11.0 Å². The molecule has 0 saturated heterocycles. The lowest BCUT2D eigenvalue weighted by Gasteiger charge is -2.07. The Morgan fingerprint density at radius 2 is 1.94 bits per heavy atom. The molecule has 1 amide bonds. The minimum absolute atomic E-state index is 0.00791. The molecule has 154 valence electrons. The van der Waals surface area contributed by atoms with E-state index in [0.29, 0.717) is 28.0 Å². The number of rotatable bonds is 4. The Morgan fingerprint density at radius 1 is 1.06 bits per heavy atom. The summed E-state index contributed by atoms with van der Waals surface area (Å²) >= 11 is 0. The topological polar surface area (TPSA) is 114 Å². The van der Waals surface area contributed by atoms with Crippen molar-refractivity contribution >= 4 is 34.4 Å². The summed E-state index contributed by atoms with van der Waals surface area (Å²) in [5.74, 6) is -0.594. The molecule has 0 radical (unpaired) electrons. The van der Waals surface area contributed by atoms with Crippen molar-refractivity contribution < 1.29 is 23.8 Å². The summed E-state index contributed by atoms with van der Waals surface area (Å²) in [7, 11) is 1.29. The summed E-state index contributed by atoms with van der Waals surface area (Å²) in [5, 5.41) is 13.1. The molecule has 0 bridgehead atoms. The van der Waals surface area contributed by atoms with Crippen molar-refractivity contribution in [3.05, 3.63) is 89.6 Å². The van der Waals surface area contributed by atoms with Crippen LogP contribution in [-0.4, -0.2) is 29.1 Å². The number of carbonyl (C=O) groups excluding carboxylic acids is 2. The van der Waals surface area contributed by atoms with Gasteiger partial charge in [0, 0.05) is 17.6 Å². The second-order valence-electron chi connectivity index (χ2n) is 6.51. The smallest absolute Gasteiger partial charge is 0.337 e. The minimum Gasteiger partial charge on any atom is -0.508 e. The fourth-order valence-electron chi connectivity index (χ4n) is 2.91. The molecular formula is C23H17N3O5. The van der Waals surface area contributed by atoms with Gasteiger partial charge in [0.05, 0.1) is 18.4 Å². The monoisotopic (exact) mass is 415 g/mol. The molecule has 8 nitrogen and oxygen atoms in total. The summed E-state index contributed by atoms with van der Waals surface area (Å²) in [6.45, 7) is 0. The highest BCUT2D eigenvalue weighted by atomic mass is 16.5. The first-order valence-electron chi connectivity index (χ1n) is 9.26. The standard InChI is InChI=1S/C23H17N3O5/c1-30-23(29)15-5-4-6-16(11-15)25-22-18(21(28)26-20-7-2-3-10-24-20)12-14-8-9-17(27)13-19(14)31-22/h2-13,27H,1H3,(H,24,26,28). The summed E-state index contributed by atoms with van der Waals surface area (Å²) in [6, 6.07) is 17.7. The number of phenolic OH excluding ortho intramolecular Hbond substituents is 1. The largest absolute Gasteiger partial charge is 0.508 e. The van der Waals surface area contributed by atoms with E-state index in [1.807, 2.05) is 0 Å². The van der Waals surface area contributed by atoms with Crippen molar-refractivity contribution in [3.63, 3.8) is 0 Å². The molecule has 31 heavy (non-hydrogen) atoms. The van der Waals surface area contributed by atoms with Gasteiger partial charge >= 0.3 is 5.97 Å². The van der Waals surface area contributed by atoms with Gasteiger partial charge in [-0.2, -0.15) is 0 Å². The number of amides is 1. The van der Waals surface area contributed by atoms with Crippen LogP contribution in [0.4, 0.5) is 11.5 Å². The van der Waals surface area contributed by atoms with Crippen LogP contribution >= 0.6 is 0 Å². The SMILES string of the molecule is COC(=O)c1cccc(N=c2oc3cc(O)ccc3cc2C(=O)Nc2ccccn2)c1. The number of nitrogens with zero attached hydrogens (tertiary/aromatic N) is 2. The molecule has 2 N–H and O–H groups in total. The van der Waals surface area contributed by atoms with Crippen LogP contribution in [0.2, 0.25) is 0 Å². The molecule has 2 aromatic carbocycles. The molecule has 2 aromatic heterocycles. The molecule has 2 heterocycles. The van der Waals surface area contributed by atoms with E-state index in [0.717, 1.165) is 0 Å². The normalized spacial score (nSPS) is 11.3. The van der Waals surface area contributed by atoms with E-state index < -0.39 is 11.9 Å². The molecule has 8 heteroatoms. The average Bonchev–Trinajstić information content (AvgIpc) is 2.79. The number of nitrogens with one attached hydrogen (secondary N) is 1. The second-order valence-corrected chi connectivity index (χ2v) is 6.51. The number of aromatic nitrogens is 1. The van der Waals surface area contributed by atoms with Gasteiger partial charge in [0.1, 0.15) is 22.7 Å². The zero-order valence-electron chi connectivity index (χ0n) is 16.4. The summed E-state index contributed by atoms with van der Waals surface area (Å²) in [5.41, 5.74) is 1.21. The van der Waals surface area contributed by atoms with Crippen LogP contribution in [-0.2, 0) is 4.74 Å². The molecule has 0 saturated carbocycles. The van der Waals surface area contributed by atoms with E-state index in [2.05, 4.69) is 15.3 Å². The lowest BCUT2D eigenvalue weighted by molar-refractivity contribution is 0.0600. The van der Waals surface area contributed by atoms with Gasteiger partial charge < -0.3 is 19.6 Å². The maximum Gasteiger partial charge on any atom is 0.337 e. The molecule has 0 aliphatic carbocycles. The van der Waals surface area contributed by atoms with Crippen molar-refractivity contribution in [2.75, 3.05) is 12.4 Å². The number of benzene rings is 2. The highest BCUT2D eigenvalue weighted by Crippen LogP contribution is 2.21. The van der Waals surface area contributed by atoms with Crippen LogP contribution in [0.3, 0.4) is 0 Å². The first-order valence-corrected chi connectivity index (χ1v) is 9.26. The Labute approximate surface area is 176 Å². The number of fused-ring (bicyclic) bond motifs is 1. The number of methoxy groups -OCH3 is 1. The van der Waals surface area contributed by atoms with Gasteiger partial charge in [0.2, 0.25) is 5.55 Å². The third kappa shape index (κ3) is 4.43. The quantitative estimate of drug-likeness (QED) is 0.490. The Kier molecular flexibility index (Phi) is 5.44. The Morgan fingerprint density at radius 3 is 2.71 bits per heavy atom. The number of esters is 1. The number of phenols is 1. The van der Waals surface area contributed by atoms with E-state index in [1.54, 1.807) is 54.7 Å². The number of hydrogen-bond donors (Lipinski definition) is 2. The summed E-state index contributed by atoms with van der Waals surface area (Å²) in [4.78, 5) is 33.3. The number of ether oxygens (including phenoxy) is 1.